The monoisotopic (exact) mass is 286 g/mol. The van der Waals surface area contributed by atoms with Crippen LogP contribution in [0.4, 0.5) is 0 Å². The van der Waals surface area contributed by atoms with Crippen LogP contribution in [0.25, 0.3) is 0 Å². The van der Waals surface area contributed by atoms with Crippen LogP contribution in [0.1, 0.15) is 63.7 Å². The van der Waals surface area contributed by atoms with Crippen LogP contribution in [-0.4, -0.2) is 16.7 Å². The maximum Gasteiger partial charge on any atom is 0.268 e. The Bertz CT molecular complexity index is 683. The number of aromatic amines is 1. The van der Waals surface area contributed by atoms with Crippen LogP contribution in [0.5, 0.6) is 0 Å². The number of amides is 1. The van der Waals surface area contributed by atoms with Crippen LogP contribution in [-0.2, 0) is 6.42 Å². The summed E-state index contributed by atoms with van der Waals surface area (Å²) in [6.07, 6.45) is 3.81. The van der Waals surface area contributed by atoms with Crippen LogP contribution in [0.2, 0.25) is 0 Å². The second-order valence-electron chi connectivity index (χ2n) is 5.47. The van der Waals surface area contributed by atoms with Gasteiger partial charge in [-0.1, -0.05) is 0 Å². The molecule has 2 N–H and O–H groups in total. The number of hydrogen-bond acceptors (Lipinski definition) is 3. The van der Waals surface area contributed by atoms with Crippen LogP contribution >= 0.6 is 0 Å². The van der Waals surface area contributed by atoms with Gasteiger partial charge in [0.1, 0.15) is 11.5 Å². The molecular weight excluding hydrogens is 268 g/mol. The van der Waals surface area contributed by atoms with E-state index in [1.807, 2.05) is 19.9 Å². The second kappa shape index (κ2) is 5.24. The minimum atomic E-state index is -0.220. The number of ketones is 1. The Kier molecular flexibility index (Phi) is 3.41. The summed E-state index contributed by atoms with van der Waals surface area (Å²) in [5.41, 5.74) is 2.82. The molecule has 110 valence electrons. The lowest BCUT2D eigenvalue weighted by molar-refractivity contribution is 0.0929. The predicted molar refractivity (Wildman–Crippen MR) is 77.4 cm³/mol. The zero-order valence-corrected chi connectivity index (χ0v) is 12.2. The molecule has 21 heavy (non-hydrogen) atoms. The largest absolute Gasteiger partial charge is 0.467 e. The van der Waals surface area contributed by atoms with E-state index in [1.165, 1.54) is 0 Å². The number of aryl methyl sites for hydroxylation is 1. The molecule has 5 heteroatoms. The van der Waals surface area contributed by atoms with Crippen molar-refractivity contribution in [3.63, 3.8) is 0 Å². The third-order valence-electron chi connectivity index (χ3n) is 3.98. The van der Waals surface area contributed by atoms with E-state index in [0.29, 0.717) is 23.4 Å². The van der Waals surface area contributed by atoms with Gasteiger partial charge in [0.05, 0.1) is 12.3 Å². The van der Waals surface area contributed by atoms with E-state index in [0.717, 1.165) is 24.1 Å². The van der Waals surface area contributed by atoms with Crippen LogP contribution in [0.3, 0.4) is 0 Å². The quantitative estimate of drug-likeness (QED) is 0.911. The fourth-order valence-electron chi connectivity index (χ4n) is 2.88. The summed E-state index contributed by atoms with van der Waals surface area (Å²) in [5, 5.41) is 2.89. The average molecular weight is 286 g/mol. The Morgan fingerprint density at radius 2 is 2.24 bits per heavy atom. The van der Waals surface area contributed by atoms with Crippen molar-refractivity contribution in [2.75, 3.05) is 0 Å². The first-order chi connectivity index (χ1) is 10.1. The molecule has 0 bridgehead atoms. The first-order valence-corrected chi connectivity index (χ1v) is 7.17. The van der Waals surface area contributed by atoms with E-state index in [1.54, 1.807) is 12.3 Å². The first-order valence-electron chi connectivity index (χ1n) is 7.17. The Morgan fingerprint density at radius 1 is 1.43 bits per heavy atom. The Labute approximate surface area is 122 Å². The third-order valence-corrected chi connectivity index (χ3v) is 3.98. The standard InChI is InChI=1S/C16H18N2O3/c1-9-14-11(5-3-6-12(14)19)18-15(9)16(20)17-10(2)13-7-4-8-21-13/h4,7-8,10,18H,3,5-6H2,1-2H3,(H,17,20)/t10-/m0/s1. The molecule has 0 spiro atoms. The lowest BCUT2D eigenvalue weighted by Gasteiger charge is -2.11. The summed E-state index contributed by atoms with van der Waals surface area (Å²) in [5.74, 6) is 0.620. The van der Waals surface area contributed by atoms with Crippen molar-refractivity contribution in [3.05, 3.63) is 46.7 Å². The van der Waals surface area contributed by atoms with Gasteiger partial charge in [0.25, 0.3) is 5.91 Å². The minimum Gasteiger partial charge on any atom is -0.467 e. The van der Waals surface area contributed by atoms with Crippen molar-refractivity contribution in [3.8, 4) is 0 Å². The van der Waals surface area contributed by atoms with Gasteiger partial charge in [0.2, 0.25) is 0 Å². The Balaban J connectivity index is 1.84. The van der Waals surface area contributed by atoms with Crippen LogP contribution in [0.15, 0.2) is 22.8 Å². The lowest BCUT2D eigenvalue weighted by atomic mass is 9.94. The van der Waals surface area contributed by atoms with Crippen molar-refractivity contribution in [2.24, 2.45) is 0 Å². The maximum absolute atomic E-state index is 12.4. The average Bonchev–Trinajstić information content (AvgIpc) is 3.07. The number of Topliss-reactive ketones (excluding diaryl/α,β-unsaturated/α-hetero) is 1. The SMILES string of the molecule is Cc1c(C(=O)N[C@@H](C)c2ccco2)[nH]c2c1C(=O)CCC2. The van der Waals surface area contributed by atoms with Crippen molar-refractivity contribution in [2.45, 2.75) is 39.2 Å². The van der Waals surface area contributed by atoms with E-state index >= 15 is 0 Å². The van der Waals surface area contributed by atoms with Crippen molar-refractivity contribution < 1.29 is 14.0 Å². The van der Waals surface area contributed by atoms with Crippen LogP contribution < -0.4 is 5.32 Å². The summed E-state index contributed by atoms with van der Waals surface area (Å²) in [6.45, 7) is 3.69. The van der Waals surface area contributed by atoms with Crippen LogP contribution in [0, 0.1) is 6.92 Å². The van der Waals surface area contributed by atoms with Crippen molar-refractivity contribution in [1.29, 1.82) is 0 Å². The van der Waals surface area contributed by atoms with Gasteiger partial charge >= 0.3 is 0 Å². The molecule has 1 atom stereocenters. The minimum absolute atomic E-state index is 0.128. The highest BCUT2D eigenvalue weighted by atomic mass is 16.3. The topological polar surface area (TPSA) is 75.1 Å². The number of hydrogen-bond donors (Lipinski definition) is 2. The number of aromatic nitrogens is 1. The number of furan rings is 1. The van der Waals surface area contributed by atoms with E-state index in [9.17, 15) is 9.59 Å². The fraction of sp³-hybridized carbons (Fsp3) is 0.375. The van der Waals surface area contributed by atoms with Gasteiger partial charge < -0.3 is 14.7 Å². The molecule has 0 fully saturated rings. The van der Waals surface area contributed by atoms with Gasteiger partial charge in [-0.05, 0) is 44.4 Å². The molecule has 0 unspecified atom stereocenters. The molecule has 0 saturated heterocycles. The molecule has 1 amide bonds. The number of carbonyl (C=O) groups excluding carboxylic acids is 2. The molecule has 5 nitrogen and oxygen atoms in total. The molecule has 2 heterocycles. The summed E-state index contributed by atoms with van der Waals surface area (Å²) in [4.78, 5) is 27.5. The number of fused-ring (bicyclic) bond motifs is 1. The molecule has 2 aromatic heterocycles. The first kappa shape index (κ1) is 13.7. The van der Waals surface area contributed by atoms with Gasteiger partial charge in [-0.3, -0.25) is 9.59 Å². The molecule has 0 saturated carbocycles. The van der Waals surface area contributed by atoms with E-state index in [-0.39, 0.29) is 17.7 Å². The molecule has 0 aliphatic heterocycles. The molecule has 3 rings (SSSR count). The number of H-pyrrole nitrogens is 1. The van der Waals surface area contributed by atoms with E-state index in [2.05, 4.69) is 10.3 Å². The zero-order chi connectivity index (χ0) is 15.0. The van der Waals surface area contributed by atoms with Gasteiger partial charge in [0.15, 0.2) is 5.78 Å². The smallest absolute Gasteiger partial charge is 0.268 e. The van der Waals surface area contributed by atoms with Crippen molar-refractivity contribution >= 4 is 11.7 Å². The Morgan fingerprint density at radius 3 is 2.90 bits per heavy atom. The number of carbonyl (C=O) groups is 2. The number of nitrogens with one attached hydrogen (secondary N) is 2. The summed E-state index contributed by atoms with van der Waals surface area (Å²) >= 11 is 0. The third kappa shape index (κ3) is 2.39. The second-order valence-corrected chi connectivity index (χ2v) is 5.47. The summed E-state index contributed by atoms with van der Waals surface area (Å²) < 4.78 is 5.28. The van der Waals surface area contributed by atoms with Gasteiger partial charge in [0, 0.05) is 17.7 Å². The highest BCUT2D eigenvalue weighted by Gasteiger charge is 2.27. The summed E-state index contributed by atoms with van der Waals surface area (Å²) in [7, 11) is 0. The highest BCUT2D eigenvalue weighted by molar-refractivity contribution is 6.04. The zero-order valence-electron chi connectivity index (χ0n) is 12.2. The molecule has 2 aromatic rings. The molecule has 1 aliphatic carbocycles. The highest BCUT2D eigenvalue weighted by Crippen LogP contribution is 2.26. The van der Waals surface area contributed by atoms with Gasteiger partial charge in [-0.25, -0.2) is 0 Å². The van der Waals surface area contributed by atoms with Crippen molar-refractivity contribution in [1.82, 2.24) is 10.3 Å². The van der Waals surface area contributed by atoms with E-state index in [4.69, 9.17) is 4.42 Å². The van der Waals surface area contributed by atoms with Gasteiger partial charge in [-0.15, -0.1) is 0 Å². The normalized spacial score (nSPS) is 15.6. The fourth-order valence-corrected chi connectivity index (χ4v) is 2.88. The lowest BCUT2D eigenvalue weighted by Crippen LogP contribution is -2.27. The van der Waals surface area contributed by atoms with Gasteiger partial charge in [-0.2, -0.15) is 0 Å². The maximum atomic E-state index is 12.4. The van der Waals surface area contributed by atoms with E-state index < -0.39 is 0 Å². The molecule has 0 aromatic carbocycles. The predicted octanol–water partition coefficient (Wildman–Crippen LogP) is 2.93. The Hall–Kier alpha value is -2.30. The number of rotatable bonds is 3. The molecule has 0 radical (unpaired) electrons. The molecule has 1 aliphatic rings. The summed E-state index contributed by atoms with van der Waals surface area (Å²) in [6, 6.07) is 3.39. The molecular formula is C16H18N2O3.